The quantitative estimate of drug-likeness (QED) is 0.172. The fraction of sp³-hybridized carbons (Fsp3) is 0.0612. The first-order valence-corrected chi connectivity index (χ1v) is 17.3. The van der Waals surface area contributed by atoms with E-state index in [1.54, 1.807) is 0 Å². The van der Waals surface area contributed by atoms with Crippen molar-refractivity contribution in [2.75, 3.05) is 0 Å². The van der Waals surface area contributed by atoms with Crippen molar-refractivity contribution in [3.63, 3.8) is 0 Å². The minimum atomic E-state index is -0.0932. The molecule has 0 radical (unpaired) electrons. The molecule has 230 valence electrons. The highest BCUT2D eigenvalue weighted by Crippen LogP contribution is 2.53. The van der Waals surface area contributed by atoms with E-state index in [4.69, 9.17) is 0 Å². The lowest BCUT2D eigenvalue weighted by Gasteiger charge is -2.22. The van der Waals surface area contributed by atoms with Gasteiger partial charge in [-0.2, -0.15) is 0 Å². The summed E-state index contributed by atoms with van der Waals surface area (Å²) in [6.45, 7) is 4.77. The summed E-state index contributed by atoms with van der Waals surface area (Å²) in [5.74, 6) is 0. The number of rotatable bonds is 3. The second kappa shape index (κ2) is 10.5. The summed E-state index contributed by atoms with van der Waals surface area (Å²) in [6, 6.07) is 63.1. The van der Waals surface area contributed by atoms with Crippen LogP contribution in [0, 0.1) is 0 Å². The second-order valence-corrected chi connectivity index (χ2v) is 14.0. The minimum Gasteiger partial charge on any atom is -0.0622 e. The van der Waals surface area contributed by atoms with Crippen molar-refractivity contribution in [3.05, 3.63) is 181 Å². The van der Waals surface area contributed by atoms with Crippen molar-refractivity contribution in [2.45, 2.75) is 19.3 Å². The number of fused-ring (bicyclic) bond motifs is 8. The largest absolute Gasteiger partial charge is 0.0622 e. The van der Waals surface area contributed by atoms with Gasteiger partial charge in [-0.15, -0.1) is 0 Å². The van der Waals surface area contributed by atoms with Gasteiger partial charge in [0.1, 0.15) is 0 Å². The highest BCUT2D eigenvalue weighted by molar-refractivity contribution is 6.24. The van der Waals surface area contributed by atoms with Crippen molar-refractivity contribution in [1.82, 2.24) is 0 Å². The summed E-state index contributed by atoms with van der Waals surface area (Å²) in [5.41, 5.74) is 13.1. The standard InChI is InChI=1S/C49H34/c1-49(2)44-27-25-31-14-6-9-19-37(31)48(44)42-26-24-33(30-45(42)49)35-28-34-17-7-8-18-36(34)43(29-35)47-40-22-12-10-20-38(40)46(32-15-4-3-5-16-32)39-21-11-13-23-41(39)47/h3-30H,1-2H3. The third-order valence-electron chi connectivity index (χ3n) is 11.0. The Bertz CT molecular complexity index is 2720. The highest BCUT2D eigenvalue weighted by atomic mass is 14.4. The first kappa shape index (κ1) is 28.1. The van der Waals surface area contributed by atoms with E-state index in [1.165, 1.54) is 98.7 Å². The van der Waals surface area contributed by atoms with Crippen LogP contribution >= 0.6 is 0 Å². The lowest BCUT2D eigenvalue weighted by Crippen LogP contribution is -2.15. The Morgan fingerprint density at radius 3 is 1.57 bits per heavy atom. The molecule has 9 aromatic carbocycles. The maximum absolute atomic E-state index is 2.46. The summed E-state index contributed by atoms with van der Waals surface area (Å²) in [4.78, 5) is 0. The molecule has 0 heterocycles. The maximum Gasteiger partial charge on any atom is 0.0159 e. The molecule has 0 amide bonds. The molecular weight excluding hydrogens is 589 g/mol. The van der Waals surface area contributed by atoms with E-state index in [0.29, 0.717) is 0 Å². The molecule has 0 saturated heterocycles. The molecule has 9 aromatic rings. The van der Waals surface area contributed by atoms with E-state index < -0.39 is 0 Å². The van der Waals surface area contributed by atoms with Gasteiger partial charge in [-0.1, -0.05) is 166 Å². The first-order chi connectivity index (χ1) is 24.1. The predicted molar refractivity (Wildman–Crippen MR) is 210 cm³/mol. The van der Waals surface area contributed by atoms with Crippen molar-refractivity contribution in [3.8, 4) is 44.5 Å². The normalized spacial score (nSPS) is 13.3. The molecule has 10 rings (SSSR count). The lowest BCUT2D eigenvalue weighted by atomic mass is 9.81. The molecule has 0 N–H and O–H groups in total. The van der Waals surface area contributed by atoms with E-state index in [0.717, 1.165) is 0 Å². The monoisotopic (exact) mass is 622 g/mol. The highest BCUT2D eigenvalue weighted by Gasteiger charge is 2.36. The fourth-order valence-corrected chi connectivity index (χ4v) is 8.71. The topological polar surface area (TPSA) is 0 Å². The van der Waals surface area contributed by atoms with Gasteiger partial charge in [0, 0.05) is 5.41 Å². The molecule has 0 bridgehead atoms. The average molecular weight is 623 g/mol. The van der Waals surface area contributed by atoms with Crippen LogP contribution in [0.1, 0.15) is 25.0 Å². The van der Waals surface area contributed by atoms with Crippen molar-refractivity contribution in [1.29, 1.82) is 0 Å². The van der Waals surface area contributed by atoms with E-state index in [1.807, 2.05) is 0 Å². The summed E-state index contributed by atoms with van der Waals surface area (Å²) >= 11 is 0. The molecule has 0 saturated carbocycles. The summed E-state index contributed by atoms with van der Waals surface area (Å²) < 4.78 is 0. The Balaban J connectivity index is 1.25. The number of hydrogen-bond acceptors (Lipinski definition) is 0. The van der Waals surface area contributed by atoms with Gasteiger partial charge in [-0.3, -0.25) is 0 Å². The molecule has 0 heteroatoms. The van der Waals surface area contributed by atoms with Crippen LogP contribution in [0.5, 0.6) is 0 Å². The molecule has 0 unspecified atom stereocenters. The van der Waals surface area contributed by atoms with Gasteiger partial charge < -0.3 is 0 Å². The smallest absolute Gasteiger partial charge is 0.0159 e. The summed E-state index contributed by atoms with van der Waals surface area (Å²) in [5, 5.41) is 10.3. The average Bonchev–Trinajstić information content (AvgIpc) is 3.39. The first-order valence-electron chi connectivity index (χ1n) is 17.3. The van der Waals surface area contributed by atoms with Crippen LogP contribution in [0.3, 0.4) is 0 Å². The second-order valence-electron chi connectivity index (χ2n) is 14.0. The van der Waals surface area contributed by atoms with Crippen LogP contribution in [0.2, 0.25) is 0 Å². The molecule has 1 aliphatic rings. The van der Waals surface area contributed by atoms with Gasteiger partial charge in [0.05, 0.1) is 0 Å². The lowest BCUT2D eigenvalue weighted by molar-refractivity contribution is 0.661. The number of benzene rings is 9. The molecule has 0 spiro atoms. The summed E-state index contributed by atoms with van der Waals surface area (Å²) in [6.07, 6.45) is 0. The molecule has 0 fully saturated rings. The van der Waals surface area contributed by atoms with Gasteiger partial charge in [0.25, 0.3) is 0 Å². The molecule has 1 aliphatic carbocycles. The Labute approximate surface area is 286 Å². The summed E-state index contributed by atoms with van der Waals surface area (Å²) in [7, 11) is 0. The van der Waals surface area contributed by atoms with Gasteiger partial charge in [0.2, 0.25) is 0 Å². The Hall–Kier alpha value is -5.98. The third-order valence-corrected chi connectivity index (χ3v) is 11.0. The molecule has 0 aromatic heterocycles. The predicted octanol–water partition coefficient (Wildman–Crippen LogP) is 13.6. The molecule has 49 heavy (non-hydrogen) atoms. The zero-order chi connectivity index (χ0) is 32.7. The zero-order valence-electron chi connectivity index (χ0n) is 27.7. The Kier molecular flexibility index (Phi) is 6.02. The van der Waals surface area contributed by atoms with E-state index in [-0.39, 0.29) is 5.41 Å². The Morgan fingerprint density at radius 1 is 0.306 bits per heavy atom. The van der Waals surface area contributed by atoms with Gasteiger partial charge >= 0.3 is 0 Å². The van der Waals surface area contributed by atoms with Crippen molar-refractivity contribution < 1.29 is 0 Å². The molecular formula is C49H34. The maximum atomic E-state index is 2.46. The fourth-order valence-electron chi connectivity index (χ4n) is 8.71. The van der Waals surface area contributed by atoms with E-state index >= 15 is 0 Å². The zero-order valence-corrected chi connectivity index (χ0v) is 27.7. The molecule has 0 atom stereocenters. The van der Waals surface area contributed by atoms with E-state index in [2.05, 4.69) is 184 Å². The Morgan fingerprint density at radius 2 is 0.878 bits per heavy atom. The van der Waals surface area contributed by atoms with Crippen LogP contribution in [0.25, 0.3) is 87.6 Å². The van der Waals surface area contributed by atoms with Crippen LogP contribution in [0.15, 0.2) is 170 Å². The van der Waals surface area contributed by atoms with Gasteiger partial charge in [-0.05, 0) is 117 Å². The van der Waals surface area contributed by atoms with Gasteiger partial charge in [-0.25, -0.2) is 0 Å². The SMILES string of the molecule is CC1(C)c2cc(-c3cc(-c4c5ccccc5c(-c5ccccc5)c5ccccc45)c4ccccc4c3)ccc2-c2c1ccc1ccccc21. The minimum absolute atomic E-state index is 0.0932. The molecule has 0 aliphatic heterocycles. The van der Waals surface area contributed by atoms with Crippen molar-refractivity contribution in [2.24, 2.45) is 0 Å². The van der Waals surface area contributed by atoms with Crippen LogP contribution in [-0.4, -0.2) is 0 Å². The molecule has 0 nitrogen and oxygen atoms in total. The van der Waals surface area contributed by atoms with Crippen LogP contribution in [0.4, 0.5) is 0 Å². The van der Waals surface area contributed by atoms with Crippen molar-refractivity contribution >= 4 is 43.1 Å². The van der Waals surface area contributed by atoms with Gasteiger partial charge in [0.15, 0.2) is 0 Å². The third kappa shape index (κ3) is 4.11. The van der Waals surface area contributed by atoms with E-state index in [9.17, 15) is 0 Å². The van der Waals surface area contributed by atoms with Crippen LogP contribution < -0.4 is 0 Å². The van der Waals surface area contributed by atoms with Crippen LogP contribution in [-0.2, 0) is 5.41 Å². The number of hydrogen-bond donors (Lipinski definition) is 0.